The average molecular weight is 212 g/mol. The number of hydrogen-bond acceptors (Lipinski definition) is 3. The van der Waals surface area contributed by atoms with Crippen LogP contribution in [0.25, 0.3) is 0 Å². The zero-order valence-electron chi connectivity index (χ0n) is 7.74. The second-order valence-electron chi connectivity index (χ2n) is 3.45. The highest BCUT2D eigenvalue weighted by atomic mass is 19.1. The maximum absolute atomic E-state index is 13.4. The molecular formula is C10H9FO4. The summed E-state index contributed by atoms with van der Waals surface area (Å²) < 4.78 is 18.5. The zero-order chi connectivity index (χ0) is 11.0. The van der Waals surface area contributed by atoms with E-state index >= 15 is 0 Å². The number of carbonyl (C=O) groups is 1. The van der Waals surface area contributed by atoms with Crippen molar-refractivity contribution in [3.8, 4) is 11.5 Å². The Hall–Kier alpha value is -1.78. The highest BCUT2D eigenvalue weighted by molar-refractivity contribution is 5.68. The largest absolute Gasteiger partial charge is 0.508 e. The molecule has 80 valence electrons. The Morgan fingerprint density at radius 3 is 3.00 bits per heavy atom. The Morgan fingerprint density at radius 2 is 2.33 bits per heavy atom. The fraction of sp³-hybridized carbons (Fsp3) is 0.300. The van der Waals surface area contributed by atoms with Gasteiger partial charge in [0.2, 0.25) is 0 Å². The molecule has 1 aliphatic rings. The van der Waals surface area contributed by atoms with Crippen LogP contribution >= 0.6 is 0 Å². The molecule has 0 saturated carbocycles. The van der Waals surface area contributed by atoms with Gasteiger partial charge in [0.05, 0.1) is 13.0 Å². The third-order valence-corrected chi connectivity index (χ3v) is 2.35. The lowest BCUT2D eigenvalue weighted by Crippen LogP contribution is -2.08. The number of phenolic OH excluding ortho intramolecular Hbond substituents is 1. The van der Waals surface area contributed by atoms with Crippen molar-refractivity contribution in [1.29, 1.82) is 0 Å². The van der Waals surface area contributed by atoms with E-state index in [1.807, 2.05) is 0 Å². The minimum atomic E-state index is -0.996. The Labute approximate surface area is 84.9 Å². The third kappa shape index (κ3) is 1.72. The van der Waals surface area contributed by atoms with Gasteiger partial charge in [-0.2, -0.15) is 0 Å². The van der Waals surface area contributed by atoms with Gasteiger partial charge in [-0.1, -0.05) is 0 Å². The Bertz CT molecular complexity index is 416. The summed E-state index contributed by atoms with van der Waals surface area (Å²) in [7, 11) is 0. The van der Waals surface area contributed by atoms with Crippen LogP contribution in [0.1, 0.15) is 17.9 Å². The van der Waals surface area contributed by atoms with Gasteiger partial charge >= 0.3 is 5.97 Å². The van der Waals surface area contributed by atoms with Crippen molar-refractivity contribution in [3.05, 3.63) is 23.5 Å². The molecular weight excluding hydrogens is 203 g/mol. The second-order valence-corrected chi connectivity index (χ2v) is 3.45. The van der Waals surface area contributed by atoms with Crippen LogP contribution in [0.5, 0.6) is 11.5 Å². The number of carboxylic acid groups (broad SMARTS) is 1. The van der Waals surface area contributed by atoms with E-state index in [-0.39, 0.29) is 30.1 Å². The number of rotatable bonds is 2. The molecule has 1 aliphatic heterocycles. The molecule has 5 heteroatoms. The van der Waals surface area contributed by atoms with E-state index in [0.29, 0.717) is 0 Å². The summed E-state index contributed by atoms with van der Waals surface area (Å²) in [6, 6.07) is 2.25. The number of benzene rings is 1. The predicted molar refractivity (Wildman–Crippen MR) is 48.6 cm³/mol. The fourth-order valence-corrected chi connectivity index (χ4v) is 1.74. The SMILES string of the molecule is O=C(O)C[C@H]1COc2cc(O)cc(F)c21. The lowest BCUT2D eigenvalue weighted by atomic mass is 9.97. The van der Waals surface area contributed by atoms with E-state index < -0.39 is 17.7 Å². The summed E-state index contributed by atoms with van der Waals surface area (Å²) in [6.07, 6.45) is -0.172. The minimum Gasteiger partial charge on any atom is -0.508 e. The summed E-state index contributed by atoms with van der Waals surface area (Å²) in [6.45, 7) is 0.141. The van der Waals surface area contributed by atoms with Crippen molar-refractivity contribution in [2.45, 2.75) is 12.3 Å². The van der Waals surface area contributed by atoms with Crippen LogP contribution in [0.4, 0.5) is 4.39 Å². The minimum absolute atomic E-state index is 0.141. The van der Waals surface area contributed by atoms with Gasteiger partial charge in [-0.15, -0.1) is 0 Å². The van der Waals surface area contributed by atoms with Gasteiger partial charge in [-0.3, -0.25) is 4.79 Å². The quantitative estimate of drug-likeness (QED) is 0.779. The zero-order valence-corrected chi connectivity index (χ0v) is 7.74. The first-order valence-electron chi connectivity index (χ1n) is 4.45. The summed E-state index contributed by atoms with van der Waals surface area (Å²) in [4.78, 5) is 10.5. The van der Waals surface area contributed by atoms with Gasteiger partial charge in [0, 0.05) is 23.6 Å². The van der Waals surface area contributed by atoms with Crippen LogP contribution in [0, 0.1) is 5.82 Å². The molecule has 2 N–H and O–H groups in total. The van der Waals surface area contributed by atoms with Crippen LogP contribution in [-0.2, 0) is 4.79 Å². The number of hydrogen-bond donors (Lipinski definition) is 2. The monoisotopic (exact) mass is 212 g/mol. The van der Waals surface area contributed by atoms with Gasteiger partial charge < -0.3 is 14.9 Å². The topological polar surface area (TPSA) is 66.8 Å². The molecule has 1 aromatic rings. The molecule has 1 aromatic carbocycles. The standard InChI is InChI=1S/C10H9FO4/c11-7-2-6(12)3-8-10(7)5(4-15-8)1-9(13)14/h2-3,5,12H,1,4H2,(H,13,14)/t5-/m0/s1. The molecule has 0 bridgehead atoms. The van der Waals surface area contributed by atoms with Gasteiger partial charge in [-0.25, -0.2) is 4.39 Å². The molecule has 15 heavy (non-hydrogen) atoms. The smallest absolute Gasteiger partial charge is 0.304 e. The molecule has 1 atom stereocenters. The predicted octanol–water partition coefficient (Wildman–Crippen LogP) is 1.48. The number of phenols is 1. The fourth-order valence-electron chi connectivity index (χ4n) is 1.74. The molecule has 0 saturated heterocycles. The molecule has 4 nitrogen and oxygen atoms in total. The summed E-state index contributed by atoms with van der Waals surface area (Å²) >= 11 is 0. The molecule has 0 aromatic heterocycles. The average Bonchev–Trinajstić information content (AvgIpc) is 2.46. The third-order valence-electron chi connectivity index (χ3n) is 2.35. The Balaban J connectivity index is 2.37. The molecule has 1 heterocycles. The van der Waals surface area contributed by atoms with Crippen LogP contribution in [0.2, 0.25) is 0 Å². The van der Waals surface area contributed by atoms with Crippen LogP contribution in [0.15, 0.2) is 12.1 Å². The summed E-state index contributed by atoms with van der Waals surface area (Å²) in [5.74, 6) is -2.07. The molecule has 0 aliphatic carbocycles. The van der Waals surface area contributed by atoms with E-state index in [1.54, 1.807) is 0 Å². The van der Waals surface area contributed by atoms with Gasteiger partial charge in [0.1, 0.15) is 17.3 Å². The lowest BCUT2D eigenvalue weighted by Gasteiger charge is -2.05. The number of fused-ring (bicyclic) bond motifs is 1. The molecule has 0 spiro atoms. The van der Waals surface area contributed by atoms with Crippen molar-refractivity contribution in [2.75, 3.05) is 6.61 Å². The van der Waals surface area contributed by atoms with E-state index in [9.17, 15) is 9.18 Å². The van der Waals surface area contributed by atoms with E-state index in [2.05, 4.69) is 0 Å². The number of halogens is 1. The van der Waals surface area contributed by atoms with E-state index in [0.717, 1.165) is 6.07 Å². The maximum atomic E-state index is 13.4. The summed E-state index contributed by atoms with van der Waals surface area (Å²) in [5, 5.41) is 17.7. The van der Waals surface area contributed by atoms with Crippen LogP contribution < -0.4 is 4.74 Å². The van der Waals surface area contributed by atoms with E-state index in [4.69, 9.17) is 14.9 Å². The number of ether oxygens (including phenoxy) is 1. The highest BCUT2D eigenvalue weighted by Gasteiger charge is 2.30. The van der Waals surface area contributed by atoms with Gasteiger partial charge in [0.25, 0.3) is 0 Å². The number of carboxylic acids is 1. The van der Waals surface area contributed by atoms with Gasteiger partial charge in [-0.05, 0) is 0 Å². The molecule has 0 unspecified atom stereocenters. The maximum Gasteiger partial charge on any atom is 0.304 e. The first-order chi connectivity index (χ1) is 7.08. The van der Waals surface area contributed by atoms with Crippen molar-refractivity contribution in [3.63, 3.8) is 0 Å². The first kappa shape index (κ1) is 9.76. The lowest BCUT2D eigenvalue weighted by molar-refractivity contribution is -0.137. The summed E-state index contributed by atoms with van der Waals surface area (Å²) in [5.41, 5.74) is 0.246. The highest BCUT2D eigenvalue weighted by Crippen LogP contribution is 2.39. The van der Waals surface area contributed by atoms with Crippen molar-refractivity contribution in [2.24, 2.45) is 0 Å². The van der Waals surface area contributed by atoms with Gasteiger partial charge in [0.15, 0.2) is 0 Å². The van der Waals surface area contributed by atoms with Crippen molar-refractivity contribution >= 4 is 5.97 Å². The molecule has 2 rings (SSSR count). The molecule has 0 radical (unpaired) electrons. The molecule has 0 fully saturated rings. The van der Waals surface area contributed by atoms with Crippen molar-refractivity contribution in [1.82, 2.24) is 0 Å². The first-order valence-corrected chi connectivity index (χ1v) is 4.45. The van der Waals surface area contributed by atoms with Crippen LogP contribution in [-0.4, -0.2) is 22.8 Å². The normalized spacial score (nSPS) is 18.3. The van der Waals surface area contributed by atoms with E-state index in [1.165, 1.54) is 6.07 Å². The van der Waals surface area contributed by atoms with Crippen LogP contribution in [0.3, 0.4) is 0 Å². The second kappa shape index (κ2) is 3.42. The Morgan fingerprint density at radius 1 is 1.60 bits per heavy atom. The molecule has 0 amide bonds. The Kier molecular flexibility index (Phi) is 2.22. The number of aliphatic carboxylic acids is 1. The van der Waals surface area contributed by atoms with Crippen molar-refractivity contribution < 1.29 is 24.1 Å². The number of aromatic hydroxyl groups is 1.